The maximum Gasteiger partial charge on any atom is 0.0798 e. The first kappa shape index (κ1) is 8.72. The topological polar surface area (TPSA) is 39.1 Å². The maximum absolute atomic E-state index is 5.17. The standard InChI is InChI=1S/C9H15N3O/c1-12-5-8-7(6-13-2)3-10-4-9(8)11-12/h5,7,10H,3-4,6H2,1-2H3. The average Bonchev–Trinajstić information content (AvgIpc) is 2.47. The van der Waals surface area contributed by atoms with Crippen LogP contribution in [0.4, 0.5) is 0 Å². The second-order valence-corrected chi connectivity index (χ2v) is 3.49. The molecular weight excluding hydrogens is 166 g/mol. The summed E-state index contributed by atoms with van der Waals surface area (Å²) in [5.41, 5.74) is 2.50. The molecule has 0 saturated carbocycles. The average molecular weight is 181 g/mol. The fourth-order valence-electron chi connectivity index (χ4n) is 1.86. The third kappa shape index (κ3) is 1.59. The molecule has 2 heterocycles. The van der Waals surface area contributed by atoms with Gasteiger partial charge in [-0.05, 0) is 0 Å². The summed E-state index contributed by atoms with van der Waals surface area (Å²) in [5.74, 6) is 0.461. The Hall–Kier alpha value is -0.870. The fourth-order valence-corrected chi connectivity index (χ4v) is 1.86. The third-order valence-corrected chi connectivity index (χ3v) is 2.43. The minimum atomic E-state index is 0.461. The highest BCUT2D eigenvalue weighted by Crippen LogP contribution is 2.22. The Morgan fingerprint density at radius 3 is 3.38 bits per heavy atom. The summed E-state index contributed by atoms with van der Waals surface area (Å²) in [7, 11) is 3.70. The summed E-state index contributed by atoms with van der Waals surface area (Å²) >= 11 is 0. The van der Waals surface area contributed by atoms with Crippen LogP contribution in [-0.4, -0.2) is 30.0 Å². The molecule has 1 atom stereocenters. The summed E-state index contributed by atoms with van der Waals surface area (Å²) in [6.07, 6.45) is 2.10. The maximum atomic E-state index is 5.17. The number of aromatic nitrogens is 2. The molecule has 4 nitrogen and oxygen atoms in total. The molecule has 1 N–H and O–H groups in total. The summed E-state index contributed by atoms with van der Waals surface area (Å²) < 4.78 is 7.05. The minimum Gasteiger partial charge on any atom is -0.384 e. The van der Waals surface area contributed by atoms with Gasteiger partial charge in [0.05, 0.1) is 12.3 Å². The number of hydrogen-bond acceptors (Lipinski definition) is 3. The van der Waals surface area contributed by atoms with Gasteiger partial charge in [-0.2, -0.15) is 5.10 Å². The van der Waals surface area contributed by atoms with Gasteiger partial charge in [0.2, 0.25) is 0 Å². The number of methoxy groups -OCH3 is 1. The lowest BCUT2D eigenvalue weighted by Crippen LogP contribution is -2.29. The molecule has 0 amide bonds. The van der Waals surface area contributed by atoms with Crippen molar-refractivity contribution in [1.82, 2.24) is 15.1 Å². The van der Waals surface area contributed by atoms with E-state index in [0.717, 1.165) is 25.4 Å². The van der Waals surface area contributed by atoms with Crippen molar-refractivity contribution < 1.29 is 4.74 Å². The number of nitrogens with one attached hydrogen (secondary N) is 1. The van der Waals surface area contributed by atoms with E-state index in [0.29, 0.717) is 5.92 Å². The van der Waals surface area contributed by atoms with Gasteiger partial charge in [0, 0.05) is 44.9 Å². The van der Waals surface area contributed by atoms with E-state index in [1.807, 2.05) is 11.7 Å². The van der Waals surface area contributed by atoms with Crippen molar-refractivity contribution in [3.8, 4) is 0 Å². The van der Waals surface area contributed by atoms with Gasteiger partial charge in [0.1, 0.15) is 0 Å². The Morgan fingerprint density at radius 1 is 1.77 bits per heavy atom. The lowest BCUT2D eigenvalue weighted by molar-refractivity contribution is 0.175. The van der Waals surface area contributed by atoms with Crippen molar-refractivity contribution >= 4 is 0 Å². The Morgan fingerprint density at radius 2 is 2.62 bits per heavy atom. The second kappa shape index (κ2) is 3.47. The Kier molecular flexibility index (Phi) is 2.33. The molecule has 1 aromatic heterocycles. The van der Waals surface area contributed by atoms with Crippen molar-refractivity contribution in [2.45, 2.75) is 12.5 Å². The molecule has 1 unspecified atom stereocenters. The number of fused-ring (bicyclic) bond motifs is 1. The largest absolute Gasteiger partial charge is 0.384 e. The Bertz CT molecular complexity index is 295. The van der Waals surface area contributed by atoms with Gasteiger partial charge in [0.15, 0.2) is 0 Å². The highest BCUT2D eigenvalue weighted by molar-refractivity contribution is 5.25. The normalized spacial score (nSPS) is 21.5. The van der Waals surface area contributed by atoms with Gasteiger partial charge in [-0.1, -0.05) is 0 Å². The predicted octanol–water partition coefficient (Wildman–Crippen LogP) is 0.253. The van der Waals surface area contributed by atoms with E-state index in [1.54, 1.807) is 7.11 Å². The van der Waals surface area contributed by atoms with Crippen LogP contribution in [0.15, 0.2) is 6.20 Å². The van der Waals surface area contributed by atoms with Crippen LogP contribution in [0.25, 0.3) is 0 Å². The molecular formula is C9H15N3O. The Labute approximate surface area is 77.9 Å². The number of ether oxygens (including phenoxy) is 1. The first-order valence-corrected chi connectivity index (χ1v) is 4.53. The van der Waals surface area contributed by atoms with E-state index in [9.17, 15) is 0 Å². The number of aryl methyl sites for hydroxylation is 1. The molecule has 0 radical (unpaired) electrons. The van der Waals surface area contributed by atoms with Crippen LogP contribution in [0, 0.1) is 0 Å². The van der Waals surface area contributed by atoms with Gasteiger partial charge < -0.3 is 10.1 Å². The Balaban J connectivity index is 2.25. The lowest BCUT2D eigenvalue weighted by atomic mass is 9.97. The quantitative estimate of drug-likeness (QED) is 0.711. The highest BCUT2D eigenvalue weighted by atomic mass is 16.5. The third-order valence-electron chi connectivity index (χ3n) is 2.43. The molecule has 4 heteroatoms. The zero-order chi connectivity index (χ0) is 9.26. The van der Waals surface area contributed by atoms with Gasteiger partial charge in [-0.15, -0.1) is 0 Å². The lowest BCUT2D eigenvalue weighted by Gasteiger charge is -2.21. The summed E-state index contributed by atoms with van der Waals surface area (Å²) in [6.45, 7) is 2.65. The van der Waals surface area contributed by atoms with Crippen LogP contribution >= 0.6 is 0 Å². The van der Waals surface area contributed by atoms with Gasteiger partial charge in [-0.3, -0.25) is 4.68 Å². The van der Waals surface area contributed by atoms with E-state index >= 15 is 0 Å². The van der Waals surface area contributed by atoms with E-state index in [4.69, 9.17) is 4.74 Å². The molecule has 1 aliphatic heterocycles. The molecule has 72 valence electrons. The molecule has 0 spiro atoms. The van der Waals surface area contributed by atoms with E-state index in [-0.39, 0.29) is 0 Å². The van der Waals surface area contributed by atoms with Crippen LogP contribution in [0.3, 0.4) is 0 Å². The highest BCUT2D eigenvalue weighted by Gasteiger charge is 2.22. The molecule has 0 bridgehead atoms. The second-order valence-electron chi connectivity index (χ2n) is 3.49. The molecule has 0 aromatic carbocycles. The SMILES string of the molecule is COCC1CNCc2nn(C)cc21. The van der Waals surface area contributed by atoms with Crippen molar-refractivity contribution in [2.75, 3.05) is 20.3 Å². The van der Waals surface area contributed by atoms with Crippen LogP contribution < -0.4 is 5.32 Å². The number of rotatable bonds is 2. The molecule has 0 saturated heterocycles. The van der Waals surface area contributed by atoms with Crippen LogP contribution in [0.1, 0.15) is 17.2 Å². The van der Waals surface area contributed by atoms with Crippen LogP contribution in [-0.2, 0) is 18.3 Å². The van der Waals surface area contributed by atoms with Crippen molar-refractivity contribution in [1.29, 1.82) is 0 Å². The molecule has 2 rings (SSSR count). The summed E-state index contributed by atoms with van der Waals surface area (Å²) in [4.78, 5) is 0. The predicted molar refractivity (Wildman–Crippen MR) is 49.5 cm³/mol. The molecule has 0 fully saturated rings. The molecule has 1 aliphatic rings. The zero-order valence-corrected chi connectivity index (χ0v) is 8.08. The summed E-state index contributed by atoms with van der Waals surface area (Å²) in [6, 6.07) is 0. The summed E-state index contributed by atoms with van der Waals surface area (Å²) in [5, 5.41) is 7.72. The van der Waals surface area contributed by atoms with Crippen LogP contribution in [0.5, 0.6) is 0 Å². The van der Waals surface area contributed by atoms with Gasteiger partial charge >= 0.3 is 0 Å². The monoisotopic (exact) mass is 181 g/mol. The first-order valence-electron chi connectivity index (χ1n) is 4.53. The fraction of sp³-hybridized carbons (Fsp3) is 0.667. The van der Waals surface area contributed by atoms with Gasteiger partial charge in [0.25, 0.3) is 0 Å². The van der Waals surface area contributed by atoms with Crippen molar-refractivity contribution in [2.24, 2.45) is 7.05 Å². The minimum absolute atomic E-state index is 0.461. The van der Waals surface area contributed by atoms with E-state index in [2.05, 4.69) is 16.6 Å². The first-order chi connectivity index (χ1) is 6.31. The smallest absolute Gasteiger partial charge is 0.0798 e. The van der Waals surface area contributed by atoms with Crippen molar-refractivity contribution in [3.05, 3.63) is 17.5 Å². The number of hydrogen-bond donors (Lipinski definition) is 1. The van der Waals surface area contributed by atoms with E-state index in [1.165, 1.54) is 5.56 Å². The van der Waals surface area contributed by atoms with Crippen LogP contribution in [0.2, 0.25) is 0 Å². The van der Waals surface area contributed by atoms with E-state index < -0.39 is 0 Å². The molecule has 0 aliphatic carbocycles. The number of nitrogens with zero attached hydrogens (tertiary/aromatic N) is 2. The molecule has 1 aromatic rings. The van der Waals surface area contributed by atoms with Gasteiger partial charge in [-0.25, -0.2) is 0 Å². The molecule has 13 heavy (non-hydrogen) atoms. The zero-order valence-electron chi connectivity index (χ0n) is 8.08. The van der Waals surface area contributed by atoms with Crippen molar-refractivity contribution in [3.63, 3.8) is 0 Å².